The lowest BCUT2D eigenvalue weighted by molar-refractivity contribution is -0.164. The molecule has 2 aliphatic carbocycles. The Morgan fingerprint density at radius 1 is 1.36 bits per heavy atom. The zero-order valence-corrected chi connectivity index (χ0v) is 13.1. The fraction of sp³-hybridized carbons (Fsp3) is 0.706. The molecule has 0 N–H and O–H groups in total. The molecule has 5 atom stereocenters. The molecule has 0 radical (unpaired) electrons. The van der Waals surface area contributed by atoms with Crippen LogP contribution in [0.25, 0.3) is 0 Å². The molecule has 5 nitrogen and oxygen atoms in total. The lowest BCUT2D eigenvalue weighted by Gasteiger charge is -2.39. The van der Waals surface area contributed by atoms with E-state index in [1.807, 2.05) is 0 Å². The highest BCUT2D eigenvalue weighted by Crippen LogP contribution is 2.56. The summed E-state index contributed by atoms with van der Waals surface area (Å²) >= 11 is 0. The maximum absolute atomic E-state index is 12.8. The van der Waals surface area contributed by atoms with Crippen molar-refractivity contribution in [2.24, 2.45) is 23.2 Å². The summed E-state index contributed by atoms with van der Waals surface area (Å²) in [6.45, 7) is 7.34. The van der Waals surface area contributed by atoms with E-state index in [9.17, 15) is 14.4 Å². The number of carbonyl (C=O) groups is 3. The van der Waals surface area contributed by atoms with Crippen molar-refractivity contribution in [1.29, 1.82) is 0 Å². The van der Waals surface area contributed by atoms with Crippen LogP contribution in [0.2, 0.25) is 0 Å². The van der Waals surface area contributed by atoms with Gasteiger partial charge in [-0.15, -0.1) is 0 Å². The van der Waals surface area contributed by atoms with Crippen molar-refractivity contribution in [3.05, 3.63) is 12.2 Å². The Balaban J connectivity index is 2.06. The van der Waals surface area contributed by atoms with E-state index in [4.69, 9.17) is 9.47 Å². The predicted molar refractivity (Wildman–Crippen MR) is 77.7 cm³/mol. The second-order valence-corrected chi connectivity index (χ2v) is 6.90. The Kier molecular flexibility index (Phi) is 3.62. The van der Waals surface area contributed by atoms with Crippen LogP contribution in [0.15, 0.2) is 12.2 Å². The van der Waals surface area contributed by atoms with Gasteiger partial charge in [-0.3, -0.25) is 9.59 Å². The fourth-order valence-electron chi connectivity index (χ4n) is 4.68. The first-order chi connectivity index (χ1) is 10.4. The highest BCUT2D eigenvalue weighted by molar-refractivity contribution is 5.94. The number of ketones is 1. The number of Topliss-reactive ketones (excluding diaryl/α,β-unsaturated/α-hetero) is 1. The number of esters is 2. The first-order valence-electron chi connectivity index (χ1n) is 7.94. The predicted octanol–water partition coefficient (Wildman–Crippen LogP) is 2.04. The average Bonchev–Trinajstić information content (AvgIpc) is 2.90. The molecule has 3 rings (SSSR count). The van der Waals surface area contributed by atoms with Crippen LogP contribution in [-0.2, 0) is 23.9 Å². The Morgan fingerprint density at radius 2 is 2.09 bits per heavy atom. The van der Waals surface area contributed by atoms with Gasteiger partial charge in [-0.25, -0.2) is 4.79 Å². The lowest BCUT2D eigenvalue weighted by Crippen LogP contribution is -2.50. The van der Waals surface area contributed by atoms with Gasteiger partial charge in [-0.05, 0) is 31.1 Å². The summed E-state index contributed by atoms with van der Waals surface area (Å²) in [5.74, 6) is -0.482. The summed E-state index contributed by atoms with van der Waals surface area (Å²) in [4.78, 5) is 36.1. The lowest BCUT2D eigenvalue weighted by atomic mass is 9.67. The van der Waals surface area contributed by atoms with E-state index in [1.54, 1.807) is 0 Å². The summed E-state index contributed by atoms with van der Waals surface area (Å²) in [5, 5.41) is 0. The molecule has 3 fully saturated rings. The number of fused-ring (bicyclic) bond motifs is 3. The van der Waals surface area contributed by atoms with Crippen molar-refractivity contribution in [2.45, 2.75) is 45.6 Å². The van der Waals surface area contributed by atoms with Crippen LogP contribution in [0, 0.1) is 23.2 Å². The quantitative estimate of drug-likeness (QED) is 0.577. The molecule has 3 aliphatic rings. The van der Waals surface area contributed by atoms with E-state index in [-0.39, 0.29) is 24.2 Å². The van der Waals surface area contributed by atoms with Gasteiger partial charge in [-0.1, -0.05) is 13.5 Å². The van der Waals surface area contributed by atoms with Gasteiger partial charge < -0.3 is 9.47 Å². The van der Waals surface area contributed by atoms with Crippen molar-refractivity contribution < 1.29 is 23.9 Å². The van der Waals surface area contributed by atoms with Crippen LogP contribution in [0.3, 0.4) is 0 Å². The van der Waals surface area contributed by atoms with Crippen LogP contribution in [-0.4, -0.2) is 30.4 Å². The molecular formula is C17H22O5. The monoisotopic (exact) mass is 306 g/mol. The largest absolute Gasteiger partial charge is 0.465 e. The molecule has 22 heavy (non-hydrogen) atoms. The van der Waals surface area contributed by atoms with Gasteiger partial charge in [0.15, 0.2) is 0 Å². The first kappa shape index (κ1) is 15.3. The van der Waals surface area contributed by atoms with E-state index in [2.05, 4.69) is 13.5 Å². The molecule has 2 saturated carbocycles. The third-order valence-electron chi connectivity index (χ3n) is 5.81. The molecule has 1 heterocycles. The van der Waals surface area contributed by atoms with E-state index in [0.717, 1.165) is 19.3 Å². The second kappa shape index (κ2) is 5.21. The molecule has 0 aromatic carbocycles. The van der Waals surface area contributed by atoms with Crippen molar-refractivity contribution >= 4 is 17.7 Å². The number of hydrogen-bond donors (Lipinski definition) is 0. The maximum Gasteiger partial charge on any atom is 0.334 e. The molecule has 1 aliphatic heterocycles. The summed E-state index contributed by atoms with van der Waals surface area (Å²) in [6.07, 6.45) is 2.42. The van der Waals surface area contributed by atoms with Gasteiger partial charge in [-0.2, -0.15) is 0 Å². The molecule has 0 aromatic heterocycles. The standard InChI is InChI=1S/C17H22O5/c1-9-4-5-12-10(2)16(20)22-15(12)17(8-21-11(3)18)13(9)6-7-14(17)19/h9,12-13,15H,2,4-8H2,1,3H3. The van der Waals surface area contributed by atoms with E-state index >= 15 is 0 Å². The molecule has 0 bridgehead atoms. The van der Waals surface area contributed by atoms with Crippen molar-refractivity contribution in [2.75, 3.05) is 6.61 Å². The molecule has 5 heteroatoms. The van der Waals surface area contributed by atoms with Gasteiger partial charge in [0.05, 0.1) is 0 Å². The van der Waals surface area contributed by atoms with Gasteiger partial charge in [0, 0.05) is 24.8 Å². The molecular weight excluding hydrogens is 284 g/mol. The van der Waals surface area contributed by atoms with Crippen molar-refractivity contribution in [1.82, 2.24) is 0 Å². The average molecular weight is 306 g/mol. The Hall–Kier alpha value is -1.65. The first-order valence-corrected chi connectivity index (χ1v) is 7.94. The van der Waals surface area contributed by atoms with Gasteiger partial charge in [0.1, 0.15) is 23.9 Å². The minimum Gasteiger partial charge on any atom is -0.465 e. The number of rotatable bonds is 2. The minimum absolute atomic E-state index is 0.0118. The third-order valence-corrected chi connectivity index (χ3v) is 5.81. The topological polar surface area (TPSA) is 69.7 Å². The Morgan fingerprint density at radius 3 is 2.77 bits per heavy atom. The summed E-state index contributed by atoms with van der Waals surface area (Å²) < 4.78 is 10.8. The smallest absolute Gasteiger partial charge is 0.334 e. The van der Waals surface area contributed by atoms with E-state index < -0.39 is 23.5 Å². The van der Waals surface area contributed by atoms with Crippen molar-refractivity contribution in [3.63, 3.8) is 0 Å². The van der Waals surface area contributed by atoms with Crippen LogP contribution < -0.4 is 0 Å². The summed E-state index contributed by atoms with van der Waals surface area (Å²) in [5.41, 5.74) is -0.429. The molecule has 1 saturated heterocycles. The number of hydrogen-bond acceptors (Lipinski definition) is 5. The molecule has 0 spiro atoms. The highest BCUT2D eigenvalue weighted by Gasteiger charge is 2.64. The minimum atomic E-state index is -0.888. The van der Waals surface area contributed by atoms with Crippen LogP contribution in [0.5, 0.6) is 0 Å². The SMILES string of the molecule is C=C1C(=O)OC2C1CCC(C)C1CCC(=O)C12COC(C)=O. The zero-order valence-electron chi connectivity index (χ0n) is 13.1. The van der Waals surface area contributed by atoms with Gasteiger partial charge in [0.25, 0.3) is 0 Å². The molecule has 5 unspecified atom stereocenters. The second-order valence-electron chi connectivity index (χ2n) is 6.90. The van der Waals surface area contributed by atoms with Crippen molar-refractivity contribution in [3.8, 4) is 0 Å². The normalized spacial score (nSPS) is 40.7. The molecule has 120 valence electrons. The highest BCUT2D eigenvalue weighted by atomic mass is 16.6. The summed E-state index contributed by atoms with van der Waals surface area (Å²) in [6, 6.07) is 0. The third kappa shape index (κ3) is 2.02. The number of carbonyl (C=O) groups excluding carboxylic acids is 3. The molecule has 0 aromatic rings. The van der Waals surface area contributed by atoms with Crippen LogP contribution in [0.1, 0.15) is 39.5 Å². The Labute approximate surface area is 130 Å². The van der Waals surface area contributed by atoms with Crippen LogP contribution in [0.4, 0.5) is 0 Å². The van der Waals surface area contributed by atoms with E-state index in [0.29, 0.717) is 17.9 Å². The maximum atomic E-state index is 12.8. The molecule has 0 amide bonds. The van der Waals surface area contributed by atoms with Gasteiger partial charge in [0.2, 0.25) is 0 Å². The Bertz CT molecular complexity index is 551. The van der Waals surface area contributed by atoms with Gasteiger partial charge >= 0.3 is 11.9 Å². The van der Waals surface area contributed by atoms with E-state index in [1.165, 1.54) is 6.92 Å². The summed E-state index contributed by atoms with van der Waals surface area (Å²) in [7, 11) is 0. The fourth-order valence-corrected chi connectivity index (χ4v) is 4.68. The zero-order chi connectivity index (χ0) is 16.1. The number of ether oxygens (including phenoxy) is 2. The van der Waals surface area contributed by atoms with Crippen LogP contribution >= 0.6 is 0 Å².